The molecule has 1 aromatic carbocycles. The Kier molecular flexibility index (Phi) is 6.51. The van der Waals surface area contributed by atoms with Crippen LogP contribution in [-0.2, 0) is 11.0 Å². The van der Waals surface area contributed by atoms with Gasteiger partial charge < -0.3 is 14.7 Å². The van der Waals surface area contributed by atoms with Crippen LogP contribution in [0.1, 0.15) is 28.9 Å². The van der Waals surface area contributed by atoms with E-state index in [0.29, 0.717) is 67.8 Å². The summed E-state index contributed by atoms with van der Waals surface area (Å²) in [6.07, 6.45) is 0.0581. The van der Waals surface area contributed by atoms with Crippen molar-refractivity contribution in [2.75, 3.05) is 44.2 Å². The molecule has 0 radical (unpaired) electrons. The highest BCUT2D eigenvalue weighted by Crippen LogP contribution is 2.35. The van der Waals surface area contributed by atoms with Crippen LogP contribution in [0, 0.1) is 5.92 Å². The number of halogens is 3. The standard InChI is InChI=1S/C26H26F3N5O2/c27-26(28,29)23-16-22(20-5-1-2-6-21(20)31-23)32-12-14-33(15-13-32)25(36)19-4-3-11-34(17-19)24(35)18-7-9-30-10-8-18/h1-2,5-10,16,19H,3-4,11-15,17H2. The molecule has 1 atom stereocenters. The summed E-state index contributed by atoms with van der Waals surface area (Å²) in [4.78, 5) is 39.3. The Labute approximate surface area is 206 Å². The molecule has 5 rings (SSSR count). The molecule has 2 fully saturated rings. The number of carbonyl (C=O) groups is 2. The van der Waals surface area contributed by atoms with Crippen molar-refractivity contribution in [1.82, 2.24) is 19.8 Å². The van der Waals surface area contributed by atoms with Crippen LogP contribution in [0.15, 0.2) is 54.9 Å². The zero-order valence-corrected chi connectivity index (χ0v) is 19.6. The number of para-hydroxylation sites is 1. The topological polar surface area (TPSA) is 69.6 Å². The summed E-state index contributed by atoms with van der Waals surface area (Å²) in [5.41, 5.74) is 0.402. The third-order valence-corrected chi connectivity index (χ3v) is 6.90. The molecule has 0 saturated carbocycles. The van der Waals surface area contributed by atoms with Crippen molar-refractivity contribution in [1.29, 1.82) is 0 Å². The number of pyridine rings is 2. The largest absolute Gasteiger partial charge is 0.433 e. The monoisotopic (exact) mass is 497 g/mol. The molecule has 3 aromatic rings. The number of alkyl halides is 3. The summed E-state index contributed by atoms with van der Waals surface area (Å²) >= 11 is 0. The molecule has 7 nitrogen and oxygen atoms in total. The molecule has 4 heterocycles. The number of fused-ring (bicyclic) bond motifs is 1. The lowest BCUT2D eigenvalue weighted by Gasteiger charge is -2.40. The Morgan fingerprint density at radius 1 is 0.917 bits per heavy atom. The van der Waals surface area contributed by atoms with Crippen molar-refractivity contribution in [2.45, 2.75) is 19.0 Å². The minimum atomic E-state index is -4.54. The number of hydrogen-bond donors (Lipinski definition) is 0. The van der Waals surface area contributed by atoms with Crippen molar-refractivity contribution >= 4 is 28.4 Å². The number of piperazine rings is 1. The van der Waals surface area contributed by atoms with Gasteiger partial charge in [0, 0.05) is 68.3 Å². The number of likely N-dealkylation sites (tertiary alicyclic amines) is 1. The van der Waals surface area contributed by atoms with Crippen LogP contribution in [0.25, 0.3) is 10.9 Å². The van der Waals surface area contributed by atoms with Gasteiger partial charge in [-0.05, 0) is 37.1 Å². The molecule has 0 N–H and O–H groups in total. The lowest BCUT2D eigenvalue weighted by molar-refractivity contribution is -0.141. The van der Waals surface area contributed by atoms with E-state index >= 15 is 0 Å². The van der Waals surface area contributed by atoms with E-state index in [-0.39, 0.29) is 17.7 Å². The SMILES string of the molecule is O=C(c1ccncc1)N1CCCC(C(=O)N2CCN(c3cc(C(F)(F)F)nc4ccccc34)CC2)C1. The molecule has 0 bridgehead atoms. The van der Waals surface area contributed by atoms with Crippen LogP contribution < -0.4 is 4.90 Å². The minimum Gasteiger partial charge on any atom is -0.367 e. The third kappa shape index (κ3) is 4.84. The van der Waals surface area contributed by atoms with Gasteiger partial charge in [0.25, 0.3) is 5.91 Å². The average Bonchev–Trinajstić information content (AvgIpc) is 2.92. The summed E-state index contributed by atoms with van der Waals surface area (Å²) in [5, 5.41) is 0.655. The fraction of sp³-hybridized carbons (Fsp3) is 0.385. The molecule has 2 saturated heterocycles. The average molecular weight is 498 g/mol. The smallest absolute Gasteiger partial charge is 0.367 e. The van der Waals surface area contributed by atoms with Gasteiger partial charge in [-0.3, -0.25) is 14.6 Å². The Morgan fingerprint density at radius 3 is 2.36 bits per heavy atom. The minimum absolute atomic E-state index is 0.00237. The summed E-state index contributed by atoms with van der Waals surface area (Å²) in [6, 6.07) is 11.2. The number of amides is 2. The van der Waals surface area contributed by atoms with Gasteiger partial charge in [-0.15, -0.1) is 0 Å². The lowest BCUT2D eigenvalue weighted by atomic mass is 9.95. The normalized spacial score (nSPS) is 19.0. The van der Waals surface area contributed by atoms with E-state index in [0.717, 1.165) is 12.5 Å². The molecule has 2 aliphatic heterocycles. The van der Waals surface area contributed by atoms with Gasteiger partial charge >= 0.3 is 6.18 Å². The molecule has 10 heteroatoms. The van der Waals surface area contributed by atoms with Gasteiger partial charge in [-0.2, -0.15) is 13.2 Å². The first-order valence-corrected chi connectivity index (χ1v) is 12.0. The second-order valence-electron chi connectivity index (χ2n) is 9.18. The number of piperidine rings is 1. The molecule has 36 heavy (non-hydrogen) atoms. The number of anilines is 1. The summed E-state index contributed by atoms with van der Waals surface area (Å²) in [5.74, 6) is -0.392. The quantitative estimate of drug-likeness (QED) is 0.550. The van der Waals surface area contributed by atoms with Crippen LogP contribution in [0.2, 0.25) is 0 Å². The first-order chi connectivity index (χ1) is 17.3. The maximum Gasteiger partial charge on any atom is 0.433 e. The van der Waals surface area contributed by atoms with Crippen molar-refractivity contribution in [3.8, 4) is 0 Å². The van der Waals surface area contributed by atoms with Gasteiger partial charge in [0.2, 0.25) is 5.91 Å². The Balaban J connectivity index is 1.27. The van der Waals surface area contributed by atoms with E-state index in [4.69, 9.17) is 0 Å². The molecule has 2 aromatic heterocycles. The second-order valence-corrected chi connectivity index (χ2v) is 9.18. The lowest BCUT2D eigenvalue weighted by Crippen LogP contribution is -2.53. The number of benzene rings is 1. The third-order valence-electron chi connectivity index (χ3n) is 6.90. The molecule has 188 valence electrons. The molecule has 0 aliphatic carbocycles. The number of aromatic nitrogens is 2. The van der Waals surface area contributed by atoms with E-state index in [1.165, 1.54) is 0 Å². The number of rotatable bonds is 3. The van der Waals surface area contributed by atoms with E-state index in [1.807, 2.05) is 4.90 Å². The van der Waals surface area contributed by atoms with Gasteiger partial charge in [0.15, 0.2) is 0 Å². The van der Waals surface area contributed by atoms with Gasteiger partial charge in [-0.25, -0.2) is 4.98 Å². The van der Waals surface area contributed by atoms with Crippen LogP contribution in [0.5, 0.6) is 0 Å². The zero-order valence-electron chi connectivity index (χ0n) is 19.6. The van der Waals surface area contributed by atoms with Crippen LogP contribution in [-0.4, -0.2) is 70.9 Å². The van der Waals surface area contributed by atoms with E-state index < -0.39 is 11.9 Å². The highest BCUT2D eigenvalue weighted by Gasteiger charge is 2.36. The molecule has 2 amide bonds. The molecule has 1 unspecified atom stereocenters. The van der Waals surface area contributed by atoms with Crippen LogP contribution in [0.4, 0.5) is 18.9 Å². The number of hydrogen-bond acceptors (Lipinski definition) is 5. The van der Waals surface area contributed by atoms with Gasteiger partial charge in [0.1, 0.15) is 5.69 Å². The van der Waals surface area contributed by atoms with Crippen molar-refractivity contribution in [2.24, 2.45) is 5.92 Å². The highest BCUT2D eigenvalue weighted by molar-refractivity contribution is 5.95. The van der Waals surface area contributed by atoms with Crippen LogP contribution >= 0.6 is 0 Å². The van der Waals surface area contributed by atoms with Crippen LogP contribution in [0.3, 0.4) is 0 Å². The van der Waals surface area contributed by atoms with Crippen molar-refractivity contribution < 1.29 is 22.8 Å². The Bertz CT molecular complexity index is 1260. The number of nitrogens with zero attached hydrogens (tertiary/aromatic N) is 5. The van der Waals surface area contributed by atoms with Gasteiger partial charge in [-0.1, -0.05) is 18.2 Å². The van der Waals surface area contributed by atoms with E-state index in [9.17, 15) is 22.8 Å². The predicted octanol–water partition coefficient (Wildman–Crippen LogP) is 3.85. The molecular weight excluding hydrogens is 471 g/mol. The summed E-state index contributed by atoms with van der Waals surface area (Å²) in [6.45, 7) is 2.63. The predicted molar refractivity (Wildman–Crippen MR) is 128 cm³/mol. The fourth-order valence-electron chi connectivity index (χ4n) is 5.03. The highest BCUT2D eigenvalue weighted by atomic mass is 19.4. The first kappa shape index (κ1) is 24.0. The first-order valence-electron chi connectivity index (χ1n) is 12.0. The van der Waals surface area contributed by atoms with Crippen molar-refractivity contribution in [3.63, 3.8) is 0 Å². The molecular formula is C26H26F3N5O2. The summed E-state index contributed by atoms with van der Waals surface area (Å²) < 4.78 is 40.4. The van der Waals surface area contributed by atoms with E-state index in [1.54, 1.807) is 58.6 Å². The fourth-order valence-corrected chi connectivity index (χ4v) is 5.03. The molecule has 0 spiro atoms. The summed E-state index contributed by atoms with van der Waals surface area (Å²) in [7, 11) is 0. The number of carbonyl (C=O) groups excluding carboxylic acids is 2. The maximum absolute atomic E-state index is 13.5. The second kappa shape index (κ2) is 9.75. The molecule has 2 aliphatic rings. The Hall–Kier alpha value is -3.69. The van der Waals surface area contributed by atoms with Crippen molar-refractivity contribution in [3.05, 3.63) is 66.1 Å². The maximum atomic E-state index is 13.5. The van der Waals surface area contributed by atoms with E-state index in [2.05, 4.69) is 9.97 Å². The zero-order chi connectivity index (χ0) is 25.3. The Morgan fingerprint density at radius 2 is 1.64 bits per heavy atom. The van der Waals surface area contributed by atoms with Gasteiger partial charge in [0.05, 0.1) is 11.4 Å².